The first kappa shape index (κ1) is 30.3. The molecule has 0 aliphatic carbocycles. The second-order valence-electron chi connectivity index (χ2n) is 12.2. The average molecular weight is 639 g/mol. The SMILES string of the molecule is Nc1ncc(N2CCN(C(=O)[C@@H](Cc3ccc4[nH]ncc4c3)OC(=O)N3CCC(N4CCc5ccccc5NC4=O)CC3)CC2)cn1. The molecule has 3 aliphatic rings. The molecule has 244 valence electrons. The topological polar surface area (TPSA) is 166 Å². The average Bonchev–Trinajstić information content (AvgIpc) is 3.50. The van der Waals surface area contributed by atoms with E-state index in [0.29, 0.717) is 58.7 Å². The molecule has 2 aromatic carbocycles. The van der Waals surface area contributed by atoms with E-state index in [1.54, 1.807) is 28.4 Å². The molecule has 2 saturated heterocycles. The van der Waals surface area contributed by atoms with Gasteiger partial charge in [-0.2, -0.15) is 5.10 Å². The number of aromatic nitrogens is 4. The van der Waals surface area contributed by atoms with E-state index in [0.717, 1.165) is 39.8 Å². The number of urea groups is 1. The van der Waals surface area contributed by atoms with Gasteiger partial charge in [-0.1, -0.05) is 24.3 Å². The first-order valence-electron chi connectivity index (χ1n) is 16.1. The number of amides is 4. The van der Waals surface area contributed by atoms with Gasteiger partial charge in [0, 0.05) is 69.3 Å². The van der Waals surface area contributed by atoms with Gasteiger partial charge in [-0.15, -0.1) is 0 Å². The Morgan fingerprint density at radius 3 is 2.49 bits per heavy atom. The number of benzene rings is 2. The number of rotatable bonds is 6. The minimum Gasteiger partial charge on any atom is -0.436 e. The fraction of sp³-hybridized carbons (Fsp3) is 0.394. The predicted octanol–water partition coefficient (Wildman–Crippen LogP) is 2.89. The maximum atomic E-state index is 13.9. The number of para-hydroxylation sites is 1. The lowest BCUT2D eigenvalue weighted by molar-refractivity contribution is -0.141. The number of nitrogens with one attached hydrogen (secondary N) is 2. The molecule has 1 atom stereocenters. The van der Waals surface area contributed by atoms with E-state index < -0.39 is 12.2 Å². The van der Waals surface area contributed by atoms with Gasteiger partial charge in [-0.3, -0.25) is 9.89 Å². The van der Waals surface area contributed by atoms with Gasteiger partial charge in [0.05, 0.1) is 29.8 Å². The summed E-state index contributed by atoms with van der Waals surface area (Å²) in [6, 6.07) is 13.6. The highest BCUT2D eigenvalue weighted by Gasteiger charge is 2.35. The minimum absolute atomic E-state index is 0.00947. The number of carbonyl (C=O) groups is 3. The van der Waals surface area contributed by atoms with Crippen molar-refractivity contribution in [1.29, 1.82) is 0 Å². The zero-order valence-corrected chi connectivity index (χ0v) is 26.0. The molecule has 2 aromatic heterocycles. The Kier molecular flexibility index (Phi) is 8.46. The van der Waals surface area contributed by atoms with Gasteiger partial charge in [0.1, 0.15) is 0 Å². The molecule has 3 aliphatic heterocycles. The van der Waals surface area contributed by atoms with Gasteiger partial charge in [-0.05, 0) is 48.6 Å². The number of anilines is 3. The lowest BCUT2D eigenvalue weighted by atomic mass is 10.0. The number of piperidine rings is 1. The Morgan fingerprint density at radius 1 is 0.936 bits per heavy atom. The molecular weight excluding hydrogens is 600 g/mol. The van der Waals surface area contributed by atoms with Crippen molar-refractivity contribution in [3.05, 3.63) is 72.2 Å². The number of ether oxygens (including phenoxy) is 1. The second kappa shape index (κ2) is 13.1. The quantitative estimate of drug-likeness (QED) is 0.288. The highest BCUT2D eigenvalue weighted by molar-refractivity contribution is 5.91. The molecule has 2 fully saturated rings. The normalized spacial score (nSPS) is 18.0. The summed E-state index contributed by atoms with van der Waals surface area (Å²) in [5.41, 5.74) is 10.2. The van der Waals surface area contributed by atoms with Crippen LogP contribution in [0.15, 0.2) is 61.1 Å². The summed E-state index contributed by atoms with van der Waals surface area (Å²) in [6.45, 7) is 3.59. The van der Waals surface area contributed by atoms with E-state index in [-0.39, 0.29) is 30.3 Å². The summed E-state index contributed by atoms with van der Waals surface area (Å²) in [4.78, 5) is 56.1. The predicted molar refractivity (Wildman–Crippen MR) is 176 cm³/mol. The summed E-state index contributed by atoms with van der Waals surface area (Å²) < 4.78 is 6.02. The molecule has 14 nitrogen and oxygen atoms in total. The van der Waals surface area contributed by atoms with Gasteiger partial charge >= 0.3 is 12.1 Å². The lowest BCUT2D eigenvalue weighted by Gasteiger charge is -2.39. The summed E-state index contributed by atoms with van der Waals surface area (Å²) in [6.07, 6.45) is 5.85. The smallest absolute Gasteiger partial charge is 0.410 e. The molecule has 7 rings (SSSR count). The molecule has 0 spiro atoms. The monoisotopic (exact) mass is 638 g/mol. The number of piperazine rings is 1. The Hall–Kier alpha value is -5.40. The fourth-order valence-corrected chi connectivity index (χ4v) is 6.69. The van der Waals surface area contributed by atoms with Gasteiger partial charge in [0.2, 0.25) is 5.95 Å². The van der Waals surface area contributed by atoms with Gasteiger partial charge < -0.3 is 35.4 Å². The molecule has 5 heterocycles. The zero-order chi connectivity index (χ0) is 32.3. The second-order valence-corrected chi connectivity index (χ2v) is 12.2. The van der Waals surface area contributed by atoms with E-state index in [9.17, 15) is 14.4 Å². The summed E-state index contributed by atoms with van der Waals surface area (Å²) in [7, 11) is 0. The highest BCUT2D eigenvalue weighted by Crippen LogP contribution is 2.26. The maximum absolute atomic E-state index is 13.9. The highest BCUT2D eigenvalue weighted by atomic mass is 16.6. The Bertz CT molecular complexity index is 1750. The number of hydrogen-bond acceptors (Lipinski definition) is 9. The Labute approximate surface area is 271 Å². The molecule has 14 heteroatoms. The lowest BCUT2D eigenvalue weighted by Crippen LogP contribution is -2.54. The van der Waals surface area contributed by atoms with Gasteiger partial charge in [0.25, 0.3) is 5.91 Å². The minimum atomic E-state index is -0.995. The Balaban J connectivity index is 0.997. The van der Waals surface area contributed by atoms with Crippen molar-refractivity contribution < 1.29 is 19.1 Å². The molecule has 4 N–H and O–H groups in total. The van der Waals surface area contributed by atoms with Crippen LogP contribution in [-0.2, 0) is 22.4 Å². The van der Waals surface area contributed by atoms with E-state index in [2.05, 4.69) is 30.4 Å². The number of nitrogens with zero attached hydrogens (tertiary/aromatic N) is 7. The van der Waals surface area contributed by atoms with E-state index in [4.69, 9.17) is 10.5 Å². The summed E-state index contributed by atoms with van der Waals surface area (Å²) >= 11 is 0. The first-order valence-corrected chi connectivity index (χ1v) is 16.1. The molecule has 0 bridgehead atoms. The van der Waals surface area contributed by atoms with Gasteiger partial charge in [0.15, 0.2) is 6.10 Å². The molecular formula is C33H38N10O4. The molecule has 4 amide bonds. The van der Waals surface area contributed by atoms with Crippen LogP contribution in [-0.4, -0.2) is 111 Å². The number of nitrogen functional groups attached to an aromatic ring is 1. The third-order valence-corrected chi connectivity index (χ3v) is 9.36. The standard InChI is InChI=1S/C33H38N10O4/c34-31-35-20-26(21-36-31)40-13-15-41(16-14-40)30(44)29(18-22-5-6-28-24(17-22)19-37-39-28)47-33(46)42-10-8-25(9-11-42)43-12-7-23-3-1-2-4-27(23)38-32(43)45/h1-6,17,19-21,25,29H,7-16,18H2,(H,37,39)(H,38,45)(H2,34,35,36)/t29-/m1/s1. The number of hydrogen-bond donors (Lipinski definition) is 3. The summed E-state index contributed by atoms with van der Waals surface area (Å²) in [5, 5.41) is 11.0. The van der Waals surface area contributed by atoms with Crippen LogP contribution in [0.5, 0.6) is 0 Å². The number of H-pyrrole nitrogens is 1. The van der Waals surface area contributed by atoms with Crippen molar-refractivity contribution in [2.45, 2.75) is 37.8 Å². The number of likely N-dealkylation sites (tertiary alicyclic amines) is 1. The molecule has 0 radical (unpaired) electrons. The van der Waals surface area contributed by atoms with Crippen LogP contribution in [0, 0.1) is 0 Å². The van der Waals surface area contributed by atoms with Crippen LogP contribution < -0.4 is 16.0 Å². The molecule has 0 unspecified atom stereocenters. The third-order valence-electron chi connectivity index (χ3n) is 9.36. The van der Waals surface area contributed by atoms with Crippen LogP contribution in [0.3, 0.4) is 0 Å². The summed E-state index contributed by atoms with van der Waals surface area (Å²) in [5.74, 6) is -0.0157. The van der Waals surface area contributed by atoms with Crippen molar-refractivity contribution >= 4 is 46.3 Å². The van der Waals surface area contributed by atoms with Crippen LogP contribution in [0.4, 0.5) is 26.9 Å². The van der Waals surface area contributed by atoms with Crippen LogP contribution in [0.1, 0.15) is 24.0 Å². The van der Waals surface area contributed by atoms with E-state index >= 15 is 0 Å². The van der Waals surface area contributed by atoms with Crippen LogP contribution in [0.25, 0.3) is 10.9 Å². The van der Waals surface area contributed by atoms with Crippen LogP contribution in [0.2, 0.25) is 0 Å². The largest absolute Gasteiger partial charge is 0.436 e. The maximum Gasteiger partial charge on any atom is 0.410 e. The van der Waals surface area contributed by atoms with Gasteiger partial charge in [-0.25, -0.2) is 19.6 Å². The number of carbonyl (C=O) groups excluding carboxylic acids is 3. The van der Waals surface area contributed by atoms with Crippen molar-refractivity contribution in [3.8, 4) is 0 Å². The van der Waals surface area contributed by atoms with Crippen molar-refractivity contribution in [2.75, 3.05) is 61.8 Å². The number of nitrogens with two attached hydrogens (primary N) is 1. The molecule has 47 heavy (non-hydrogen) atoms. The van der Waals surface area contributed by atoms with Crippen molar-refractivity contribution in [3.63, 3.8) is 0 Å². The van der Waals surface area contributed by atoms with E-state index in [1.807, 2.05) is 47.4 Å². The van der Waals surface area contributed by atoms with Crippen molar-refractivity contribution in [1.82, 2.24) is 34.9 Å². The number of fused-ring (bicyclic) bond motifs is 2. The number of aromatic amines is 1. The third kappa shape index (κ3) is 6.62. The van der Waals surface area contributed by atoms with Crippen molar-refractivity contribution in [2.24, 2.45) is 0 Å². The van der Waals surface area contributed by atoms with E-state index in [1.165, 1.54) is 0 Å². The fourth-order valence-electron chi connectivity index (χ4n) is 6.69. The molecule has 4 aromatic rings. The molecule has 0 saturated carbocycles. The first-order chi connectivity index (χ1) is 22.9. The van der Waals surface area contributed by atoms with Crippen LogP contribution >= 0.6 is 0 Å². The zero-order valence-electron chi connectivity index (χ0n) is 26.0. The Morgan fingerprint density at radius 2 is 1.70 bits per heavy atom.